The number of carbonyl (C=O) groups excluding carboxylic acids is 1. The molecular weight excluding hydrogens is 184 g/mol. The number of aryl methyl sites for hydroxylation is 1. The van der Waals surface area contributed by atoms with Crippen molar-refractivity contribution in [3.8, 4) is 0 Å². The van der Waals surface area contributed by atoms with Crippen LogP contribution in [0.4, 0.5) is 0 Å². The number of hydrogen-bond acceptors (Lipinski definition) is 4. The highest BCUT2D eigenvalue weighted by atomic mass is 16.6. The molecule has 6 nitrogen and oxygen atoms in total. The summed E-state index contributed by atoms with van der Waals surface area (Å²) in [5, 5.41) is 9.33. The summed E-state index contributed by atoms with van der Waals surface area (Å²) >= 11 is 0. The third-order valence-electron chi connectivity index (χ3n) is 2.31. The van der Waals surface area contributed by atoms with Gasteiger partial charge in [-0.15, -0.1) is 0 Å². The average molecular weight is 197 g/mol. The Morgan fingerprint density at radius 3 is 2.79 bits per heavy atom. The van der Waals surface area contributed by atoms with Crippen molar-refractivity contribution in [3.63, 3.8) is 0 Å². The van der Waals surface area contributed by atoms with Crippen molar-refractivity contribution in [2.24, 2.45) is 0 Å². The summed E-state index contributed by atoms with van der Waals surface area (Å²) in [6.45, 7) is 4.90. The smallest absolute Gasteiger partial charge is 0.302 e. The number of nitrogens with one attached hydrogen (secondary N) is 2. The van der Waals surface area contributed by atoms with Crippen molar-refractivity contribution >= 4 is 5.91 Å². The average Bonchev–Trinajstić information content (AvgIpc) is 2.65. The molecule has 1 aliphatic rings. The second kappa shape index (κ2) is 3.75. The van der Waals surface area contributed by atoms with Crippen LogP contribution in [0.3, 0.4) is 0 Å². The number of piperazine rings is 1. The van der Waals surface area contributed by atoms with E-state index in [1.165, 1.54) is 0 Å². The Morgan fingerprint density at radius 2 is 2.21 bits per heavy atom. The molecule has 0 atom stereocenters. The van der Waals surface area contributed by atoms with E-state index in [1.807, 2.05) is 0 Å². The zero-order valence-electron chi connectivity index (χ0n) is 8.04. The molecule has 0 unspecified atom stereocenters. The molecule has 1 aromatic heterocycles. The fourth-order valence-corrected chi connectivity index (χ4v) is 1.48. The molecule has 1 saturated heterocycles. The Hall–Kier alpha value is -1.43. The van der Waals surface area contributed by atoms with Gasteiger partial charge in [-0.05, 0) is 0 Å². The predicted molar refractivity (Wildman–Crippen MR) is 44.4 cm³/mol. The van der Waals surface area contributed by atoms with Gasteiger partial charge in [0.15, 0.2) is 5.16 Å². The molecule has 1 radical (unpaired) electrons. The van der Waals surface area contributed by atoms with Crippen LogP contribution in [0, 0.1) is 6.92 Å². The van der Waals surface area contributed by atoms with Crippen LogP contribution < -0.4 is 10.5 Å². The summed E-state index contributed by atoms with van der Waals surface area (Å²) in [6.07, 6.45) is 0. The normalized spacial score (nSPS) is 17.1. The van der Waals surface area contributed by atoms with Crippen molar-refractivity contribution in [1.82, 2.24) is 10.1 Å². The molecule has 2 heterocycles. The maximum Gasteiger partial charge on any atom is 0.302 e. The number of amides is 1. The molecule has 14 heavy (non-hydrogen) atoms. The van der Waals surface area contributed by atoms with Gasteiger partial charge < -0.3 is 4.90 Å². The number of aromatic amines is 1. The van der Waals surface area contributed by atoms with Crippen molar-refractivity contribution in [2.45, 2.75) is 6.92 Å². The highest BCUT2D eigenvalue weighted by molar-refractivity contribution is 5.91. The molecule has 6 heteroatoms. The number of aromatic nitrogens is 2. The van der Waals surface area contributed by atoms with Gasteiger partial charge in [0.05, 0.1) is 13.1 Å². The van der Waals surface area contributed by atoms with E-state index in [4.69, 9.17) is 0 Å². The topological polar surface area (TPSA) is 76.1 Å². The third-order valence-corrected chi connectivity index (χ3v) is 2.31. The summed E-state index contributed by atoms with van der Waals surface area (Å²) in [7, 11) is 0. The summed E-state index contributed by atoms with van der Waals surface area (Å²) < 4.78 is 4.62. The SMILES string of the molecule is Cc1no[nH+]c1C(=O)N1CC[NH+]CC1. The van der Waals surface area contributed by atoms with E-state index in [0.717, 1.165) is 26.2 Å². The van der Waals surface area contributed by atoms with Crippen LogP contribution in [0.5, 0.6) is 0 Å². The minimum atomic E-state index is -0.0368. The van der Waals surface area contributed by atoms with E-state index in [9.17, 15) is 4.79 Å². The van der Waals surface area contributed by atoms with Gasteiger partial charge in [0.25, 0.3) is 11.4 Å². The van der Waals surface area contributed by atoms with Gasteiger partial charge in [0.2, 0.25) is 0 Å². The van der Waals surface area contributed by atoms with Crippen LogP contribution >= 0.6 is 0 Å². The van der Waals surface area contributed by atoms with E-state index in [2.05, 4.69) is 20.3 Å². The molecule has 1 aliphatic heterocycles. The number of H-pyrrole nitrogens is 1. The standard InChI is InChI=1S/C8H12N4O2/c1-6-7(11-14-10-6)8(13)12-4-2-9-3-5-12/h9H,2-5H2,1H3/q+1/p+1. The van der Waals surface area contributed by atoms with Gasteiger partial charge in [-0.3, -0.25) is 4.79 Å². The fraction of sp³-hybridized carbons (Fsp3) is 0.625. The fourth-order valence-electron chi connectivity index (χ4n) is 1.48. The van der Waals surface area contributed by atoms with Gasteiger partial charge in [0.1, 0.15) is 13.1 Å². The van der Waals surface area contributed by atoms with E-state index in [0.29, 0.717) is 11.4 Å². The van der Waals surface area contributed by atoms with Gasteiger partial charge in [-0.2, -0.15) is 5.32 Å². The van der Waals surface area contributed by atoms with E-state index in [-0.39, 0.29) is 5.91 Å². The lowest BCUT2D eigenvalue weighted by Crippen LogP contribution is -2.89. The summed E-state index contributed by atoms with van der Waals surface area (Å²) in [5.41, 5.74) is 1.06. The van der Waals surface area contributed by atoms with Crippen LogP contribution in [0.15, 0.2) is 4.63 Å². The summed E-state index contributed by atoms with van der Waals surface area (Å²) in [5.74, 6) is -0.0368. The Balaban J connectivity index is 2.11. The van der Waals surface area contributed by atoms with Crippen LogP contribution in [0.25, 0.3) is 0 Å². The first-order valence-corrected chi connectivity index (χ1v) is 4.63. The molecule has 1 amide bonds. The second-order valence-electron chi connectivity index (χ2n) is 3.29. The van der Waals surface area contributed by atoms with Crippen molar-refractivity contribution in [1.29, 1.82) is 0 Å². The molecule has 75 valence electrons. The summed E-state index contributed by atoms with van der Waals surface area (Å²) in [4.78, 5) is 13.6. The predicted octanol–water partition coefficient (Wildman–Crippen LogP) is -2.40. The zero-order chi connectivity index (χ0) is 9.97. The minimum absolute atomic E-state index is 0.0368. The number of hydrogen-bond donors (Lipinski definition) is 1. The van der Waals surface area contributed by atoms with Crippen LogP contribution in [-0.2, 0) is 0 Å². The molecule has 0 bridgehead atoms. The monoisotopic (exact) mass is 197 g/mol. The molecule has 2 rings (SSSR count). The Labute approximate surface area is 81.2 Å². The first-order chi connectivity index (χ1) is 6.79. The highest BCUT2D eigenvalue weighted by Crippen LogP contribution is 2.02. The Morgan fingerprint density at radius 1 is 1.50 bits per heavy atom. The van der Waals surface area contributed by atoms with Crippen LogP contribution in [-0.4, -0.2) is 42.1 Å². The maximum absolute atomic E-state index is 11.8. The lowest BCUT2D eigenvalue weighted by atomic mass is 10.2. The molecule has 1 aromatic rings. The van der Waals surface area contributed by atoms with E-state index in [1.54, 1.807) is 11.8 Å². The van der Waals surface area contributed by atoms with Crippen LogP contribution in [0.2, 0.25) is 0 Å². The molecule has 0 spiro atoms. The molecule has 2 N–H and O–H groups in total. The molecule has 1 fully saturated rings. The van der Waals surface area contributed by atoms with E-state index < -0.39 is 0 Å². The van der Waals surface area contributed by atoms with Crippen LogP contribution in [0.1, 0.15) is 16.2 Å². The van der Waals surface area contributed by atoms with Gasteiger partial charge in [0, 0.05) is 6.92 Å². The number of carbonyl (C=O) groups is 1. The first-order valence-electron chi connectivity index (χ1n) is 4.63. The first kappa shape index (κ1) is 9.14. The quantitative estimate of drug-likeness (QED) is 0.545. The molecule has 0 saturated carbocycles. The molecule has 0 aliphatic carbocycles. The zero-order valence-corrected chi connectivity index (χ0v) is 8.04. The maximum atomic E-state index is 11.8. The van der Waals surface area contributed by atoms with Gasteiger partial charge >= 0.3 is 5.91 Å². The number of nitrogens with zero attached hydrogens (tertiary/aromatic N) is 2. The Kier molecular flexibility index (Phi) is 2.45. The number of rotatable bonds is 1. The largest absolute Gasteiger partial charge is 0.324 e. The molecule has 0 aromatic carbocycles. The minimum Gasteiger partial charge on any atom is -0.324 e. The molecular formula is C8H13N4O2+2. The van der Waals surface area contributed by atoms with Crippen molar-refractivity contribution in [3.05, 3.63) is 11.4 Å². The summed E-state index contributed by atoms with van der Waals surface area (Å²) in [6, 6.07) is 0. The third kappa shape index (κ3) is 1.60. The Bertz CT molecular complexity index is 330. The van der Waals surface area contributed by atoms with Gasteiger partial charge in [-0.25, -0.2) is 0 Å². The lowest BCUT2D eigenvalue weighted by Gasteiger charge is -2.21. The second-order valence-corrected chi connectivity index (χ2v) is 3.29. The van der Waals surface area contributed by atoms with Crippen molar-refractivity contribution in [2.75, 3.05) is 26.2 Å². The highest BCUT2D eigenvalue weighted by Gasteiger charge is 2.28. The lowest BCUT2D eigenvalue weighted by molar-refractivity contribution is -0.662. The van der Waals surface area contributed by atoms with E-state index >= 15 is 0 Å². The van der Waals surface area contributed by atoms with Gasteiger partial charge in [-0.1, -0.05) is 9.79 Å². The van der Waals surface area contributed by atoms with Crippen molar-refractivity contribution < 1.29 is 19.9 Å².